The molecule has 1 aliphatic heterocycles. The molecule has 0 N–H and O–H groups in total. The summed E-state index contributed by atoms with van der Waals surface area (Å²) in [6, 6.07) is 11.4. The van der Waals surface area contributed by atoms with Crippen LogP contribution in [0.15, 0.2) is 42.5 Å². The Bertz CT molecular complexity index is 928. The van der Waals surface area contributed by atoms with Gasteiger partial charge in [-0.1, -0.05) is 24.3 Å². The van der Waals surface area contributed by atoms with Gasteiger partial charge in [0.2, 0.25) is 0 Å². The molecule has 0 saturated carbocycles. The topological polar surface area (TPSA) is 56.1 Å². The number of rotatable bonds is 5. The lowest BCUT2D eigenvalue weighted by molar-refractivity contribution is 0.160. The second kappa shape index (κ2) is 7.40. The number of hydrogen-bond donors (Lipinski definition) is 0. The molecule has 0 saturated heterocycles. The van der Waals surface area contributed by atoms with Gasteiger partial charge in [-0.2, -0.15) is 0 Å². The molecule has 140 valence electrons. The number of aromatic nitrogens is 4. The Balaban J connectivity index is 1.67. The lowest BCUT2D eigenvalue weighted by atomic mass is 10.0. The number of benzene rings is 2. The highest BCUT2D eigenvalue weighted by Crippen LogP contribution is 2.33. The van der Waals surface area contributed by atoms with E-state index in [-0.39, 0.29) is 5.56 Å². The molecule has 6 nitrogen and oxygen atoms in total. The van der Waals surface area contributed by atoms with Crippen LogP contribution in [0.4, 0.5) is 8.78 Å². The molecule has 1 aliphatic rings. The van der Waals surface area contributed by atoms with Gasteiger partial charge in [-0.05, 0) is 41.1 Å². The lowest BCUT2D eigenvalue weighted by Gasteiger charge is -2.35. The fraction of sp³-hybridized carbons (Fsp3) is 0.316. The quantitative estimate of drug-likeness (QED) is 0.690. The van der Waals surface area contributed by atoms with Gasteiger partial charge < -0.3 is 4.74 Å². The Morgan fingerprint density at radius 1 is 1.11 bits per heavy atom. The molecule has 2 aromatic carbocycles. The maximum Gasteiger partial charge on any atom is 0.173 e. The van der Waals surface area contributed by atoms with Crippen LogP contribution in [0.2, 0.25) is 0 Å². The summed E-state index contributed by atoms with van der Waals surface area (Å²) in [5, 5.41) is 11.7. The number of nitrogens with zero attached hydrogens (tertiary/aromatic N) is 5. The highest BCUT2D eigenvalue weighted by atomic mass is 19.2. The van der Waals surface area contributed by atoms with Crippen LogP contribution >= 0.6 is 0 Å². The number of halogens is 2. The van der Waals surface area contributed by atoms with Crippen LogP contribution in [-0.4, -0.2) is 38.3 Å². The van der Waals surface area contributed by atoms with Crippen molar-refractivity contribution in [3.05, 3.63) is 71.1 Å². The first-order valence-corrected chi connectivity index (χ1v) is 8.83. The molecule has 0 fully saturated rings. The number of fused-ring (bicyclic) bond motifs is 1. The van der Waals surface area contributed by atoms with E-state index in [1.807, 2.05) is 31.2 Å². The van der Waals surface area contributed by atoms with Crippen molar-refractivity contribution in [1.82, 2.24) is 25.1 Å². The maximum atomic E-state index is 14.5. The third kappa shape index (κ3) is 3.40. The van der Waals surface area contributed by atoms with Gasteiger partial charge in [0, 0.05) is 18.7 Å². The van der Waals surface area contributed by atoms with Crippen LogP contribution in [0.3, 0.4) is 0 Å². The Hall–Kier alpha value is -2.87. The standard InChI is InChI=1S/C19H19F2N5O/c1-2-27-14-8-6-13(7-9-14)12-25-10-11-26-19(22-23-24-26)18(25)15-4-3-5-16(20)17(15)21/h3-9,18H,2,10-12H2,1H3. The fourth-order valence-corrected chi connectivity index (χ4v) is 3.41. The SMILES string of the molecule is CCOc1ccc(CN2CCn3nnnc3C2c2cccc(F)c2F)cc1. The van der Waals surface area contributed by atoms with Gasteiger partial charge in [0.05, 0.1) is 13.2 Å². The van der Waals surface area contributed by atoms with Gasteiger partial charge in [0.15, 0.2) is 17.5 Å². The Labute approximate surface area is 155 Å². The second-order valence-electron chi connectivity index (χ2n) is 6.35. The smallest absolute Gasteiger partial charge is 0.173 e. The normalized spacial score (nSPS) is 16.9. The van der Waals surface area contributed by atoms with Gasteiger partial charge in [0.1, 0.15) is 11.8 Å². The highest BCUT2D eigenvalue weighted by Gasteiger charge is 2.34. The average molecular weight is 371 g/mol. The van der Waals surface area contributed by atoms with Crippen LogP contribution in [0.1, 0.15) is 29.9 Å². The van der Waals surface area contributed by atoms with Crippen LogP contribution in [0.5, 0.6) is 5.75 Å². The van der Waals surface area contributed by atoms with Crippen molar-refractivity contribution in [2.24, 2.45) is 0 Å². The van der Waals surface area contributed by atoms with E-state index in [1.165, 1.54) is 6.07 Å². The van der Waals surface area contributed by atoms with Crippen molar-refractivity contribution in [3.63, 3.8) is 0 Å². The highest BCUT2D eigenvalue weighted by molar-refractivity contribution is 5.30. The van der Waals surface area contributed by atoms with Gasteiger partial charge in [-0.15, -0.1) is 5.10 Å². The molecule has 8 heteroatoms. The summed E-state index contributed by atoms with van der Waals surface area (Å²) in [6.07, 6.45) is 0. The first kappa shape index (κ1) is 17.5. The Morgan fingerprint density at radius 2 is 1.93 bits per heavy atom. The fourth-order valence-electron chi connectivity index (χ4n) is 3.41. The summed E-state index contributed by atoms with van der Waals surface area (Å²) in [6.45, 7) is 4.30. The van der Waals surface area contributed by atoms with Gasteiger partial charge >= 0.3 is 0 Å². The van der Waals surface area contributed by atoms with E-state index >= 15 is 0 Å². The number of ether oxygens (including phenoxy) is 1. The largest absolute Gasteiger partial charge is 0.494 e. The third-order valence-corrected chi connectivity index (χ3v) is 4.66. The van der Waals surface area contributed by atoms with Crippen LogP contribution in [-0.2, 0) is 13.1 Å². The molecule has 1 aromatic heterocycles. The summed E-state index contributed by atoms with van der Waals surface area (Å²) in [7, 11) is 0. The summed E-state index contributed by atoms with van der Waals surface area (Å²) in [4.78, 5) is 2.05. The summed E-state index contributed by atoms with van der Waals surface area (Å²) in [5.41, 5.74) is 1.28. The van der Waals surface area contributed by atoms with E-state index in [9.17, 15) is 8.78 Å². The van der Waals surface area contributed by atoms with Gasteiger partial charge in [0.25, 0.3) is 0 Å². The molecule has 1 unspecified atom stereocenters. The second-order valence-corrected chi connectivity index (χ2v) is 6.35. The molecule has 0 bridgehead atoms. The van der Waals surface area contributed by atoms with Crippen molar-refractivity contribution in [2.75, 3.05) is 13.2 Å². The van der Waals surface area contributed by atoms with E-state index in [0.29, 0.717) is 32.1 Å². The predicted octanol–water partition coefficient (Wildman–Crippen LogP) is 2.96. The zero-order chi connectivity index (χ0) is 18.8. The molecule has 0 radical (unpaired) electrons. The zero-order valence-electron chi connectivity index (χ0n) is 14.8. The minimum Gasteiger partial charge on any atom is -0.494 e. The van der Waals surface area contributed by atoms with Gasteiger partial charge in [-0.25, -0.2) is 13.5 Å². The predicted molar refractivity (Wildman–Crippen MR) is 94.0 cm³/mol. The third-order valence-electron chi connectivity index (χ3n) is 4.66. The summed E-state index contributed by atoms with van der Waals surface area (Å²) >= 11 is 0. The Morgan fingerprint density at radius 3 is 2.70 bits per heavy atom. The van der Waals surface area contributed by atoms with Crippen molar-refractivity contribution in [2.45, 2.75) is 26.1 Å². The number of tetrazole rings is 1. The average Bonchev–Trinajstić information content (AvgIpc) is 3.15. The first-order valence-electron chi connectivity index (χ1n) is 8.83. The monoisotopic (exact) mass is 371 g/mol. The minimum absolute atomic E-state index is 0.233. The molecule has 2 heterocycles. The maximum absolute atomic E-state index is 14.5. The summed E-state index contributed by atoms with van der Waals surface area (Å²) in [5.74, 6) is -0.429. The van der Waals surface area contributed by atoms with Crippen molar-refractivity contribution in [1.29, 1.82) is 0 Å². The minimum atomic E-state index is -0.877. The molecule has 27 heavy (non-hydrogen) atoms. The Kier molecular flexibility index (Phi) is 4.81. The van der Waals surface area contributed by atoms with Crippen molar-refractivity contribution in [3.8, 4) is 5.75 Å². The van der Waals surface area contributed by atoms with E-state index in [1.54, 1.807) is 10.7 Å². The van der Waals surface area contributed by atoms with E-state index in [4.69, 9.17) is 4.74 Å². The first-order chi connectivity index (χ1) is 13.2. The lowest BCUT2D eigenvalue weighted by Crippen LogP contribution is -2.39. The molecule has 4 rings (SSSR count). The zero-order valence-corrected chi connectivity index (χ0v) is 14.8. The van der Waals surface area contributed by atoms with Crippen molar-refractivity contribution >= 4 is 0 Å². The van der Waals surface area contributed by atoms with E-state index in [2.05, 4.69) is 20.4 Å². The van der Waals surface area contributed by atoms with Crippen LogP contribution in [0.25, 0.3) is 0 Å². The molecule has 0 amide bonds. The number of hydrogen-bond acceptors (Lipinski definition) is 5. The molecule has 0 spiro atoms. The molecular formula is C19H19F2N5O. The molecule has 3 aromatic rings. The van der Waals surface area contributed by atoms with Crippen LogP contribution in [0, 0.1) is 11.6 Å². The van der Waals surface area contributed by atoms with E-state index < -0.39 is 17.7 Å². The van der Waals surface area contributed by atoms with E-state index in [0.717, 1.165) is 17.4 Å². The molecular weight excluding hydrogens is 352 g/mol. The molecule has 0 aliphatic carbocycles. The molecule has 1 atom stereocenters. The summed E-state index contributed by atoms with van der Waals surface area (Å²) < 4.78 is 35.5. The van der Waals surface area contributed by atoms with Crippen molar-refractivity contribution < 1.29 is 13.5 Å². The van der Waals surface area contributed by atoms with Crippen LogP contribution < -0.4 is 4.74 Å². The van der Waals surface area contributed by atoms with Gasteiger partial charge in [-0.3, -0.25) is 4.90 Å².